The number of fused-ring (bicyclic) bond motifs is 1. The van der Waals surface area contributed by atoms with Gasteiger partial charge < -0.3 is 10.6 Å². The van der Waals surface area contributed by atoms with Gasteiger partial charge in [-0.3, -0.25) is 9.59 Å². The first-order chi connectivity index (χ1) is 11.0. The molecular formula is C17H21N3O2S. The number of anilines is 1. The number of thiazole rings is 1. The molecule has 1 atom stereocenters. The van der Waals surface area contributed by atoms with Crippen LogP contribution >= 0.6 is 11.3 Å². The van der Waals surface area contributed by atoms with Gasteiger partial charge in [-0.05, 0) is 37.3 Å². The third kappa shape index (κ3) is 3.52. The van der Waals surface area contributed by atoms with Crippen LogP contribution in [-0.4, -0.2) is 22.8 Å². The summed E-state index contributed by atoms with van der Waals surface area (Å²) in [4.78, 5) is 28.6. The number of hydrogen-bond acceptors (Lipinski definition) is 4. The molecule has 1 aromatic heterocycles. The molecule has 1 aliphatic rings. The number of aryl methyl sites for hydroxylation is 1. The lowest BCUT2D eigenvalue weighted by atomic mass is 9.97. The van der Waals surface area contributed by atoms with Gasteiger partial charge in [-0.1, -0.05) is 36.3 Å². The molecule has 0 radical (unpaired) electrons. The van der Waals surface area contributed by atoms with E-state index in [1.165, 1.54) is 18.3 Å². The standard InChI is InChI=1S/C17H21N3O2S/c1-10-6-5-9-13-14(10)19-17(23-13)20-16(22)15(18-11(2)21)12-7-3-4-8-12/h5-6,9,12,15H,3-4,7-8H2,1-2H3,(H,18,21)(H,19,20,22)/t15-/m0/s1. The molecule has 0 spiro atoms. The van der Waals surface area contributed by atoms with Gasteiger partial charge in [0.25, 0.3) is 0 Å². The zero-order valence-corrected chi connectivity index (χ0v) is 14.2. The largest absolute Gasteiger partial charge is 0.344 e. The van der Waals surface area contributed by atoms with Crippen molar-refractivity contribution in [1.82, 2.24) is 10.3 Å². The van der Waals surface area contributed by atoms with Crippen molar-refractivity contribution in [3.63, 3.8) is 0 Å². The minimum atomic E-state index is -0.469. The topological polar surface area (TPSA) is 71.1 Å². The number of benzene rings is 1. The lowest BCUT2D eigenvalue weighted by Crippen LogP contribution is -2.47. The second-order valence-electron chi connectivity index (χ2n) is 6.15. The Morgan fingerprint density at radius 3 is 2.70 bits per heavy atom. The van der Waals surface area contributed by atoms with Gasteiger partial charge in [-0.2, -0.15) is 0 Å². The van der Waals surface area contributed by atoms with Gasteiger partial charge in [-0.25, -0.2) is 4.98 Å². The van der Waals surface area contributed by atoms with Crippen LogP contribution in [0.4, 0.5) is 5.13 Å². The van der Waals surface area contributed by atoms with E-state index in [4.69, 9.17) is 0 Å². The maximum absolute atomic E-state index is 12.6. The lowest BCUT2D eigenvalue weighted by molar-refractivity contribution is -0.126. The maximum atomic E-state index is 12.6. The van der Waals surface area contributed by atoms with Crippen molar-refractivity contribution in [3.05, 3.63) is 23.8 Å². The van der Waals surface area contributed by atoms with Gasteiger partial charge in [-0.15, -0.1) is 0 Å². The molecule has 0 bridgehead atoms. The average Bonchev–Trinajstić information content (AvgIpc) is 3.14. The van der Waals surface area contributed by atoms with Crippen LogP contribution in [0.5, 0.6) is 0 Å². The van der Waals surface area contributed by atoms with Crippen LogP contribution in [0.2, 0.25) is 0 Å². The van der Waals surface area contributed by atoms with E-state index in [9.17, 15) is 9.59 Å². The molecule has 23 heavy (non-hydrogen) atoms. The number of nitrogens with zero attached hydrogens (tertiary/aromatic N) is 1. The molecule has 6 heteroatoms. The first kappa shape index (κ1) is 15.9. The summed E-state index contributed by atoms with van der Waals surface area (Å²) in [5, 5.41) is 6.30. The molecule has 5 nitrogen and oxygen atoms in total. The molecule has 1 aromatic carbocycles. The summed E-state index contributed by atoms with van der Waals surface area (Å²) in [5.41, 5.74) is 2.01. The van der Waals surface area contributed by atoms with Crippen molar-refractivity contribution < 1.29 is 9.59 Å². The summed E-state index contributed by atoms with van der Waals surface area (Å²) >= 11 is 1.46. The van der Waals surface area contributed by atoms with Gasteiger partial charge in [0.1, 0.15) is 6.04 Å². The monoisotopic (exact) mass is 331 g/mol. The number of amides is 2. The number of hydrogen-bond donors (Lipinski definition) is 2. The van der Waals surface area contributed by atoms with Gasteiger partial charge in [0.15, 0.2) is 5.13 Å². The maximum Gasteiger partial charge on any atom is 0.249 e. The third-order valence-electron chi connectivity index (χ3n) is 4.36. The Morgan fingerprint density at radius 1 is 1.30 bits per heavy atom. The fourth-order valence-electron chi connectivity index (χ4n) is 3.23. The van der Waals surface area contributed by atoms with E-state index in [1.54, 1.807) is 0 Å². The number of nitrogens with one attached hydrogen (secondary N) is 2. The smallest absolute Gasteiger partial charge is 0.249 e. The lowest BCUT2D eigenvalue weighted by Gasteiger charge is -2.22. The second-order valence-corrected chi connectivity index (χ2v) is 7.18. The number of aromatic nitrogens is 1. The van der Waals surface area contributed by atoms with Gasteiger partial charge >= 0.3 is 0 Å². The average molecular weight is 331 g/mol. The molecule has 1 fully saturated rings. The third-order valence-corrected chi connectivity index (χ3v) is 5.30. The highest BCUT2D eigenvalue weighted by molar-refractivity contribution is 7.22. The second kappa shape index (κ2) is 6.66. The van der Waals surface area contributed by atoms with Crippen LogP contribution < -0.4 is 10.6 Å². The number of carbonyl (C=O) groups excluding carboxylic acids is 2. The van der Waals surface area contributed by atoms with E-state index in [1.807, 2.05) is 25.1 Å². The van der Waals surface area contributed by atoms with Crippen molar-refractivity contribution in [2.75, 3.05) is 5.32 Å². The molecule has 122 valence electrons. The Balaban J connectivity index is 1.79. The summed E-state index contributed by atoms with van der Waals surface area (Å²) < 4.78 is 1.05. The van der Waals surface area contributed by atoms with Crippen LogP contribution in [0.1, 0.15) is 38.2 Å². The Bertz CT molecular complexity index is 735. The summed E-state index contributed by atoms with van der Waals surface area (Å²) in [7, 11) is 0. The number of carbonyl (C=O) groups is 2. The minimum Gasteiger partial charge on any atom is -0.344 e. The zero-order valence-electron chi connectivity index (χ0n) is 13.4. The Morgan fingerprint density at radius 2 is 2.04 bits per heavy atom. The van der Waals surface area contributed by atoms with E-state index in [2.05, 4.69) is 15.6 Å². The van der Waals surface area contributed by atoms with Crippen molar-refractivity contribution in [1.29, 1.82) is 0 Å². The first-order valence-corrected chi connectivity index (χ1v) is 8.80. The summed E-state index contributed by atoms with van der Waals surface area (Å²) in [5.74, 6) is -0.115. The Hall–Kier alpha value is -1.95. The van der Waals surface area contributed by atoms with E-state index in [0.29, 0.717) is 5.13 Å². The van der Waals surface area contributed by atoms with Crippen LogP contribution in [0, 0.1) is 12.8 Å². The van der Waals surface area contributed by atoms with Crippen LogP contribution in [-0.2, 0) is 9.59 Å². The van der Waals surface area contributed by atoms with Crippen LogP contribution in [0.3, 0.4) is 0 Å². The van der Waals surface area contributed by atoms with Crippen LogP contribution in [0.15, 0.2) is 18.2 Å². The number of rotatable bonds is 4. The van der Waals surface area contributed by atoms with Crippen molar-refractivity contribution in [3.8, 4) is 0 Å². The SMILES string of the molecule is CC(=O)N[C@H](C(=O)Nc1nc2c(C)cccc2s1)C1CCCC1. The highest BCUT2D eigenvalue weighted by Gasteiger charge is 2.31. The summed E-state index contributed by atoms with van der Waals surface area (Å²) in [6.07, 6.45) is 4.21. The fraction of sp³-hybridized carbons (Fsp3) is 0.471. The van der Waals surface area contributed by atoms with Crippen molar-refractivity contribution in [2.45, 2.75) is 45.6 Å². The highest BCUT2D eigenvalue weighted by atomic mass is 32.1. The Labute approximate surface area is 139 Å². The molecule has 0 saturated heterocycles. The quantitative estimate of drug-likeness (QED) is 0.903. The normalized spacial score (nSPS) is 16.4. The van der Waals surface area contributed by atoms with Gasteiger partial charge in [0.05, 0.1) is 10.2 Å². The number of para-hydroxylation sites is 1. The predicted molar refractivity (Wildman–Crippen MR) is 92.5 cm³/mol. The van der Waals surface area contributed by atoms with Crippen molar-refractivity contribution in [2.24, 2.45) is 5.92 Å². The van der Waals surface area contributed by atoms with E-state index < -0.39 is 6.04 Å². The van der Waals surface area contributed by atoms with Crippen LogP contribution in [0.25, 0.3) is 10.2 Å². The van der Waals surface area contributed by atoms with Gasteiger partial charge in [0, 0.05) is 6.92 Å². The highest BCUT2D eigenvalue weighted by Crippen LogP contribution is 2.30. The van der Waals surface area contributed by atoms with E-state index in [0.717, 1.165) is 41.5 Å². The predicted octanol–water partition coefficient (Wildman–Crippen LogP) is 3.24. The molecule has 2 N–H and O–H groups in total. The van der Waals surface area contributed by atoms with E-state index >= 15 is 0 Å². The molecule has 1 aliphatic carbocycles. The van der Waals surface area contributed by atoms with Crippen molar-refractivity contribution >= 4 is 38.5 Å². The Kier molecular flexibility index (Phi) is 4.61. The molecule has 2 amide bonds. The summed E-state index contributed by atoms with van der Waals surface area (Å²) in [6, 6.07) is 5.52. The molecule has 1 heterocycles. The minimum absolute atomic E-state index is 0.163. The fourth-order valence-corrected chi connectivity index (χ4v) is 4.18. The zero-order chi connectivity index (χ0) is 16.4. The van der Waals surface area contributed by atoms with E-state index in [-0.39, 0.29) is 17.7 Å². The van der Waals surface area contributed by atoms with Gasteiger partial charge in [0.2, 0.25) is 11.8 Å². The first-order valence-electron chi connectivity index (χ1n) is 7.98. The molecule has 2 aromatic rings. The molecular weight excluding hydrogens is 310 g/mol. The summed E-state index contributed by atoms with van der Waals surface area (Å²) in [6.45, 7) is 3.46. The molecule has 0 unspecified atom stereocenters. The molecule has 1 saturated carbocycles. The molecule has 3 rings (SSSR count). The molecule has 0 aliphatic heterocycles.